The molecule has 8 nitrogen and oxygen atoms in total. The van der Waals surface area contributed by atoms with Crippen molar-refractivity contribution in [1.82, 2.24) is 25.3 Å². The van der Waals surface area contributed by atoms with E-state index >= 15 is 0 Å². The fourth-order valence-electron chi connectivity index (χ4n) is 1.26. The zero-order valence-electron chi connectivity index (χ0n) is 9.19. The Morgan fingerprint density at radius 3 is 2.94 bits per heavy atom. The molecule has 17 heavy (non-hydrogen) atoms. The predicted octanol–water partition coefficient (Wildman–Crippen LogP) is -0.966. The molecule has 0 spiro atoms. The molecule has 0 bridgehead atoms. The predicted molar refractivity (Wildman–Crippen MR) is 54.5 cm³/mol. The molecule has 0 unspecified atom stereocenters. The van der Waals surface area contributed by atoms with Gasteiger partial charge in [0.1, 0.15) is 12.6 Å². The third-order valence-electron chi connectivity index (χ3n) is 2.09. The van der Waals surface area contributed by atoms with Crippen molar-refractivity contribution < 1.29 is 14.6 Å². The largest absolute Gasteiger partial charge is 0.481 e. The van der Waals surface area contributed by atoms with Crippen molar-refractivity contribution in [2.75, 3.05) is 0 Å². The Morgan fingerprint density at radius 2 is 2.41 bits per heavy atom. The Hall–Kier alpha value is -2.38. The van der Waals surface area contributed by atoms with Crippen LogP contribution >= 0.6 is 0 Å². The average Bonchev–Trinajstić information content (AvgIpc) is 2.74. The summed E-state index contributed by atoms with van der Waals surface area (Å²) in [5, 5.41) is 24.2. The molecule has 1 N–H and O–H groups in total. The number of aliphatic carboxylic acids is 1. The van der Waals surface area contributed by atoms with Crippen LogP contribution in [0.25, 0.3) is 11.4 Å². The van der Waals surface area contributed by atoms with Gasteiger partial charge < -0.3 is 5.11 Å². The standard InChI is InChI=1S/C9H10N6O2/c1-14-12-9(11-13-14)7-2-4-15(10-6-7)5-3-8(16)17/h2,4,6H,3,5H2,1H3/p+1. The lowest BCUT2D eigenvalue weighted by Crippen LogP contribution is -2.38. The number of rotatable bonds is 4. The second kappa shape index (κ2) is 4.64. The van der Waals surface area contributed by atoms with Gasteiger partial charge in [0.05, 0.1) is 12.6 Å². The molecule has 2 heterocycles. The molecule has 0 saturated heterocycles. The van der Waals surface area contributed by atoms with E-state index in [0.29, 0.717) is 12.4 Å². The highest BCUT2D eigenvalue weighted by atomic mass is 16.4. The van der Waals surface area contributed by atoms with Crippen LogP contribution in [0.1, 0.15) is 6.42 Å². The van der Waals surface area contributed by atoms with E-state index in [0.717, 1.165) is 5.56 Å². The summed E-state index contributed by atoms with van der Waals surface area (Å²) in [5.41, 5.74) is 0.740. The molecule has 0 saturated carbocycles. The highest BCUT2D eigenvalue weighted by Gasteiger charge is 2.09. The maximum Gasteiger partial charge on any atom is 0.309 e. The summed E-state index contributed by atoms with van der Waals surface area (Å²) in [6, 6.07) is 1.77. The molecule has 0 aliphatic heterocycles. The highest BCUT2D eigenvalue weighted by molar-refractivity contribution is 5.66. The second-order valence-electron chi connectivity index (χ2n) is 3.42. The molecule has 0 atom stereocenters. The Balaban J connectivity index is 2.10. The smallest absolute Gasteiger partial charge is 0.309 e. The lowest BCUT2D eigenvalue weighted by atomic mass is 10.3. The fraction of sp³-hybridized carbons (Fsp3) is 0.333. The van der Waals surface area contributed by atoms with E-state index in [4.69, 9.17) is 5.11 Å². The van der Waals surface area contributed by atoms with Crippen LogP contribution in [0.3, 0.4) is 0 Å². The Bertz CT molecular complexity index is 521. The molecular weight excluding hydrogens is 224 g/mol. The molecule has 0 amide bonds. The monoisotopic (exact) mass is 235 g/mol. The first-order chi connectivity index (χ1) is 8.15. The van der Waals surface area contributed by atoms with E-state index < -0.39 is 5.97 Å². The number of aromatic nitrogens is 6. The topological polar surface area (TPSA) is 97.7 Å². The minimum Gasteiger partial charge on any atom is -0.481 e. The van der Waals surface area contributed by atoms with Gasteiger partial charge in [0.15, 0.2) is 12.7 Å². The van der Waals surface area contributed by atoms with Crippen LogP contribution in [0.4, 0.5) is 0 Å². The number of tetrazole rings is 1. The number of nitrogens with zero attached hydrogens (tertiary/aromatic N) is 6. The van der Waals surface area contributed by atoms with E-state index in [2.05, 4.69) is 20.5 Å². The van der Waals surface area contributed by atoms with Crippen LogP contribution in [0.5, 0.6) is 0 Å². The molecule has 88 valence electrons. The molecular formula is C9H11N6O2+. The maximum atomic E-state index is 10.4. The minimum absolute atomic E-state index is 0.0421. The van der Waals surface area contributed by atoms with Crippen LogP contribution < -0.4 is 4.68 Å². The summed E-state index contributed by atoms with van der Waals surface area (Å²) in [5.74, 6) is -0.357. The van der Waals surface area contributed by atoms with Crippen molar-refractivity contribution in [1.29, 1.82) is 0 Å². The summed E-state index contributed by atoms with van der Waals surface area (Å²) in [6.07, 6.45) is 3.31. The van der Waals surface area contributed by atoms with Gasteiger partial charge in [-0.1, -0.05) is 4.68 Å². The van der Waals surface area contributed by atoms with Gasteiger partial charge in [-0.05, 0) is 10.3 Å². The Labute approximate surface area is 96.5 Å². The zero-order valence-corrected chi connectivity index (χ0v) is 9.19. The quantitative estimate of drug-likeness (QED) is 0.685. The van der Waals surface area contributed by atoms with E-state index in [1.54, 1.807) is 30.2 Å². The van der Waals surface area contributed by atoms with Crippen molar-refractivity contribution in [2.45, 2.75) is 13.0 Å². The SMILES string of the molecule is Cn1nnc(-c2cc[n+](CCC(=O)O)nc2)n1. The fourth-order valence-corrected chi connectivity index (χ4v) is 1.26. The molecule has 2 aromatic rings. The van der Waals surface area contributed by atoms with Gasteiger partial charge in [-0.2, -0.15) is 4.80 Å². The number of carboxylic acid groups (broad SMARTS) is 1. The van der Waals surface area contributed by atoms with Gasteiger partial charge >= 0.3 is 5.97 Å². The van der Waals surface area contributed by atoms with Crippen molar-refractivity contribution in [3.63, 3.8) is 0 Å². The molecule has 8 heteroatoms. The van der Waals surface area contributed by atoms with Crippen LogP contribution in [-0.4, -0.2) is 36.4 Å². The maximum absolute atomic E-state index is 10.4. The second-order valence-corrected chi connectivity index (χ2v) is 3.42. The third kappa shape index (κ3) is 2.80. The average molecular weight is 235 g/mol. The molecule has 0 radical (unpaired) electrons. The van der Waals surface area contributed by atoms with Gasteiger partial charge in [0, 0.05) is 6.07 Å². The summed E-state index contributed by atoms with van der Waals surface area (Å²) in [7, 11) is 1.68. The molecule has 0 aromatic carbocycles. The lowest BCUT2D eigenvalue weighted by molar-refractivity contribution is -0.752. The van der Waals surface area contributed by atoms with Gasteiger partial charge in [-0.15, -0.1) is 10.2 Å². The first-order valence-corrected chi connectivity index (χ1v) is 4.97. The number of carboxylic acids is 1. The van der Waals surface area contributed by atoms with E-state index in [-0.39, 0.29) is 6.42 Å². The first kappa shape index (κ1) is 11.1. The van der Waals surface area contributed by atoms with Crippen molar-refractivity contribution >= 4 is 5.97 Å². The Morgan fingerprint density at radius 1 is 1.59 bits per heavy atom. The first-order valence-electron chi connectivity index (χ1n) is 4.97. The van der Waals surface area contributed by atoms with Crippen LogP contribution in [0.2, 0.25) is 0 Å². The lowest BCUT2D eigenvalue weighted by Gasteiger charge is -1.93. The molecule has 0 aliphatic rings. The number of aryl methyl sites for hydroxylation is 2. The molecule has 0 fully saturated rings. The number of hydrogen-bond acceptors (Lipinski definition) is 5. The molecule has 2 aromatic heterocycles. The number of carbonyl (C=O) groups is 1. The van der Waals surface area contributed by atoms with Gasteiger partial charge in [-0.3, -0.25) is 4.79 Å². The summed E-state index contributed by atoms with van der Waals surface area (Å²) in [4.78, 5) is 11.8. The molecule has 2 rings (SSSR count). The van der Waals surface area contributed by atoms with Crippen molar-refractivity contribution in [2.24, 2.45) is 7.05 Å². The summed E-state index contributed by atoms with van der Waals surface area (Å²) in [6.45, 7) is 0.337. The minimum atomic E-state index is -0.848. The van der Waals surface area contributed by atoms with Crippen LogP contribution in [0.15, 0.2) is 18.5 Å². The van der Waals surface area contributed by atoms with Crippen molar-refractivity contribution in [3.8, 4) is 11.4 Å². The van der Waals surface area contributed by atoms with Crippen molar-refractivity contribution in [3.05, 3.63) is 18.5 Å². The zero-order chi connectivity index (χ0) is 12.3. The third-order valence-corrected chi connectivity index (χ3v) is 2.09. The van der Waals surface area contributed by atoms with E-state index in [1.807, 2.05) is 0 Å². The van der Waals surface area contributed by atoms with Crippen LogP contribution in [0, 0.1) is 0 Å². The van der Waals surface area contributed by atoms with E-state index in [9.17, 15) is 4.79 Å². The molecule has 0 aliphatic carbocycles. The summed E-state index contributed by atoms with van der Waals surface area (Å²) < 4.78 is 1.55. The summed E-state index contributed by atoms with van der Waals surface area (Å²) >= 11 is 0. The van der Waals surface area contributed by atoms with Crippen LogP contribution in [-0.2, 0) is 18.4 Å². The number of hydrogen-bond donors (Lipinski definition) is 1. The highest BCUT2D eigenvalue weighted by Crippen LogP contribution is 2.08. The van der Waals surface area contributed by atoms with Gasteiger partial charge in [0.2, 0.25) is 5.82 Å². The Kier molecular flexibility index (Phi) is 3.03. The van der Waals surface area contributed by atoms with Gasteiger partial charge in [-0.25, -0.2) is 0 Å². The van der Waals surface area contributed by atoms with E-state index in [1.165, 1.54) is 4.80 Å². The van der Waals surface area contributed by atoms with Gasteiger partial charge in [0.25, 0.3) is 0 Å². The normalized spacial score (nSPS) is 10.4.